The lowest BCUT2D eigenvalue weighted by atomic mass is 10.0. The highest BCUT2D eigenvalue weighted by molar-refractivity contribution is 5.20. The molecule has 0 bridgehead atoms. The second-order valence-corrected chi connectivity index (χ2v) is 4.69. The molecule has 0 radical (unpaired) electrons. The van der Waals surface area contributed by atoms with Gasteiger partial charge in [0.25, 0.3) is 0 Å². The third-order valence-corrected chi connectivity index (χ3v) is 3.18. The third kappa shape index (κ3) is 3.39. The summed E-state index contributed by atoms with van der Waals surface area (Å²) < 4.78 is 2.18. The number of aromatic nitrogens is 3. The minimum atomic E-state index is 0.0553. The van der Waals surface area contributed by atoms with Crippen LogP contribution >= 0.6 is 0 Å². The van der Waals surface area contributed by atoms with E-state index in [2.05, 4.69) is 33.0 Å². The van der Waals surface area contributed by atoms with Gasteiger partial charge in [-0.25, -0.2) is 4.98 Å². The fourth-order valence-corrected chi connectivity index (χ4v) is 2.21. The molecule has 5 heteroatoms. The Morgan fingerprint density at radius 2 is 2.21 bits per heavy atom. The first-order valence-electron chi connectivity index (χ1n) is 6.63. The van der Waals surface area contributed by atoms with Crippen molar-refractivity contribution in [3.8, 4) is 0 Å². The molecule has 0 aromatic carbocycles. The van der Waals surface area contributed by atoms with Crippen LogP contribution in [0.3, 0.4) is 0 Å². The zero-order valence-electron chi connectivity index (χ0n) is 11.5. The molecular formula is C14H21N5. The van der Waals surface area contributed by atoms with E-state index in [1.54, 1.807) is 0 Å². The second-order valence-electron chi connectivity index (χ2n) is 4.69. The molecule has 0 fully saturated rings. The molecule has 102 valence electrons. The van der Waals surface area contributed by atoms with Crippen LogP contribution in [0.1, 0.15) is 36.5 Å². The predicted molar refractivity (Wildman–Crippen MR) is 75.3 cm³/mol. The quantitative estimate of drug-likeness (QED) is 0.612. The largest absolute Gasteiger partial charge is 0.335 e. The Morgan fingerprint density at radius 3 is 2.89 bits per heavy atom. The first kappa shape index (κ1) is 13.7. The molecule has 1 atom stereocenters. The van der Waals surface area contributed by atoms with Crippen molar-refractivity contribution in [2.45, 2.75) is 39.3 Å². The van der Waals surface area contributed by atoms with Gasteiger partial charge in [0, 0.05) is 37.3 Å². The van der Waals surface area contributed by atoms with Gasteiger partial charge < -0.3 is 4.57 Å². The number of rotatable bonds is 6. The molecule has 3 N–H and O–H groups in total. The standard InChI is InChI=1S/C14H21N5/c1-3-7-19-8-6-17-14(19)10-13(18-15)12-4-5-16-11(2)9-12/h4-6,8-9,13,18H,3,7,10,15H2,1-2H3. The summed E-state index contributed by atoms with van der Waals surface area (Å²) in [6, 6.07) is 4.10. The van der Waals surface area contributed by atoms with Crippen LogP contribution in [-0.4, -0.2) is 14.5 Å². The number of nitrogens with two attached hydrogens (primary N) is 1. The van der Waals surface area contributed by atoms with Crippen molar-refractivity contribution in [2.24, 2.45) is 5.84 Å². The Morgan fingerprint density at radius 1 is 1.37 bits per heavy atom. The van der Waals surface area contributed by atoms with Crippen molar-refractivity contribution in [1.29, 1.82) is 0 Å². The molecule has 2 heterocycles. The lowest BCUT2D eigenvalue weighted by molar-refractivity contribution is 0.516. The van der Waals surface area contributed by atoms with E-state index in [0.717, 1.165) is 36.5 Å². The summed E-state index contributed by atoms with van der Waals surface area (Å²) in [6.07, 6.45) is 7.54. The lowest BCUT2D eigenvalue weighted by Gasteiger charge is -2.17. The number of hydrogen-bond donors (Lipinski definition) is 2. The number of aryl methyl sites for hydroxylation is 2. The Kier molecular flexibility index (Phi) is 4.65. The van der Waals surface area contributed by atoms with Crippen LogP contribution in [-0.2, 0) is 13.0 Å². The van der Waals surface area contributed by atoms with Gasteiger partial charge in [0.1, 0.15) is 5.82 Å². The first-order chi connectivity index (χ1) is 9.24. The Bertz CT molecular complexity index is 520. The van der Waals surface area contributed by atoms with Gasteiger partial charge >= 0.3 is 0 Å². The highest BCUT2D eigenvalue weighted by atomic mass is 15.2. The van der Waals surface area contributed by atoms with Gasteiger partial charge in [0.05, 0.1) is 6.04 Å². The van der Waals surface area contributed by atoms with E-state index in [-0.39, 0.29) is 6.04 Å². The molecule has 2 rings (SSSR count). The van der Waals surface area contributed by atoms with E-state index in [0.29, 0.717) is 0 Å². The zero-order chi connectivity index (χ0) is 13.7. The molecule has 0 saturated carbocycles. The average molecular weight is 259 g/mol. The molecule has 5 nitrogen and oxygen atoms in total. The summed E-state index contributed by atoms with van der Waals surface area (Å²) in [7, 11) is 0. The monoisotopic (exact) mass is 259 g/mol. The van der Waals surface area contributed by atoms with Crippen molar-refractivity contribution >= 4 is 0 Å². The average Bonchev–Trinajstić information content (AvgIpc) is 2.84. The Labute approximate surface area is 113 Å². The number of nitrogens with one attached hydrogen (secondary N) is 1. The summed E-state index contributed by atoms with van der Waals surface area (Å²) in [6.45, 7) is 5.13. The maximum absolute atomic E-state index is 5.69. The van der Waals surface area contributed by atoms with Crippen LogP contribution in [0.2, 0.25) is 0 Å². The summed E-state index contributed by atoms with van der Waals surface area (Å²) in [5, 5.41) is 0. The van der Waals surface area contributed by atoms with E-state index in [9.17, 15) is 0 Å². The maximum atomic E-state index is 5.69. The molecular weight excluding hydrogens is 238 g/mol. The SMILES string of the molecule is CCCn1ccnc1CC(NN)c1ccnc(C)c1. The Hall–Kier alpha value is -1.72. The molecule has 2 aromatic rings. The molecule has 0 aliphatic rings. The number of hydrazine groups is 1. The summed E-state index contributed by atoms with van der Waals surface area (Å²) in [5.41, 5.74) is 5.01. The van der Waals surface area contributed by atoms with Gasteiger partial charge in [0.2, 0.25) is 0 Å². The van der Waals surface area contributed by atoms with Gasteiger partial charge in [-0.05, 0) is 31.0 Å². The highest BCUT2D eigenvalue weighted by Crippen LogP contribution is 2.17. The molecule has 2 aromatic heterocycles. The lowest BCUT2D eigenvalue weighted by Crippen LogP contribution is -2.30. The number of hydrogen-bond acceptors (Lipinski definition) is 4. The second kappa shape index (κ2) is 6.45. The smallest absolute Gasteiger partial charge is 0.110 e. The summed E-state index contributed by atoms with van der Waals surface area (Å²) >= 11 is 0. The van der Waals surface area contributed by atoms with Crippen LogP contribution in [0.15, 0.2) is 30.7 Å². The maximum Gasteiger partial charge on any atom is 0.110 e. The molecule has 1 unspecified atom stereocenters. The van der Waals surface area contributed by atoms with E-state index in [1.807, 2.05) is 31.6 Å². The van der Waals surface area contributed by atoms with Gasteiger partial charge in [-0.3, -0.25) is 16.3 Å². The van der Waals surface area contributed by atoms with Crippen LogP contribution in [0.4, 0.5) is 0 Å². The van der Waals surface area contributed by atoms with Crippen molar-refractivity contribution in [1.82, 2.24) is 20.0 Å². The van der Waals surface area contributed by atoms with E-state index < -0.39 is 0 Å². The van der Waals surface area contributed by atoms with Crippen LogP contribution < -0.4 is 11.3 Å². The molecule has 0 aliphatic carbocycles. The minimum absolute atomic E-state index is 0.0553. The number of imidazole rings is 1. The van der Waals surface area contributed by atoms with Crippen molar-refractivity contribution in [3.05, 3.63) is 47.8 Å². The van der Waals surface area contributed by atoms with E-state index >= 15 is 0 Å². The third-order valence-electron chi connectivity index (χ3n) is 3.18. The summed E-state index contributed by atoms with van der Waals surface area (Å²) in [4.78, 5) is 8.63. The normalized spacial score (nSPS) is 12.6. The topological polar surface area (TPSA) is 68.8 Å². The fourth-order valence-electron chi connectivity index (χ4n) is 2.21. The van der Waals surface area contributed by atoms with Gasteiger partial charge in [0.15, 0.2) is 0 Å². The van der Waals surface area contributed by atoms with Crippen LogP contribution in [0.5, 0.6) is 0 Å². The molecule has 0 amide bonds. The van der Waals surface area contributed by atoms with Crippen molar-refractivity contribution < 1.29 is 0 Å². The predicted octanol–water partition coefficient (Wildman–Crippen LogP) is 1.74. The first-order valence-corrected chi connectivity index (χ1v) is 6.63. The van der Waals surface area contributed by atoms with Gasteiger partial charge in [-0.1, -0.05) is 6.92 Å². The van der Waals surface area contributed by atoms with Crippen molar-refractivity contribution in [2.75, 3.05) is 0 Å². The molecule has 0 saturated heterocycles. The fraction of sp³-hybridized carbons (Fsp3) is 0.429. The van der Waals surface area contributed by atoms with Gasteiger partial charge in [-0.2, -0.15) is 0 Å². The van der Waals surface area contributed by atoms with Gasteiger partial charge in [-0.15, -0.1) is 0 Å². The van der Waals surface area contributed by atoms with Crippen LogP contribution in [0.25, 0.3) is 0 Å². The van der Waals surface area contributed by atoms with E-state index in [4.69, 9.17) is 5.84 Å². The number of nitrogens with zero attached hydrogens (tertiary/aromatic N) is 3. The zero-order valence-corrected chi connectivity index (χ0v) is 11.5. The number of pyridine rings is 1. The van der Waals surface area contributed by atoms with Crippen molar-refractivity contribution in [3.63, 3.8) is 0 Å². The van der Waals surface area contributed by atoms with Crippen LogP contribution in [0, 0.1) is 6.92 Å². The molecule has 19 heavy (non-hydrogen) atoms. The molecule has 0 spiro atoms. The summed E-state index contributed by atoms with van der Waals surface area (Å²) in [5.74, 6) is 6.74. The highest BCUT2D eigenvalue weighted by Gasteiger charge is 2.14. The molecule has 0 aliphatic heterocycles. The van der Waals surface area contributed by atoms with E-state index in [1.165, 1.54) is 0 Å². The Balaban J connectivity index is 2.17. The minimum Gasteiger partial charge on any atom is -0.335 e.